The van der Waals surface area contributed by atoms with Gasteiger partial charge in [-0.3, -0.25) is 14.7 Å². The molecule has 7 heteroatoms. The van der Waals surface area contributed by atoms with Crippen LogP contribution in [0.2, 0.25) is 0 Å². The van der Waals surface area contributed by atoms with Gasteiger partial charge in [-0.25, -0.2) is 5.48 Å². The van der Waals surface area contributed by atoms with E-state index < -0.39 is 5.91 Å². The average molecular weight is 391 g/mol. The molecule has 0 aliphatic heterocycles. The van der Waals surface area contributed by atoms with Gasteiger partial charge in [0.1, 0.15) is 17.2 Å². The molecule has 140 valence electrons. The summed E-state index contributed by atoms with van der Waals surface area (Å²) in [7, 11) is 0. The number of carbonyl (C=O) groups excluding carboxylic acids is 1. The molecule has 0 saturated carbocycles. The SMILES string of the molecule is O=C(NO)c1ccc(-c2ccn(Cc3cccc(Oc4ccccc4)c3)n2)s1. The number of hydrogen-bond donors (Lipinski definition) is 2. The minimum atomic E-state index is -0.522. The molecule has 2 N–H and O–H groups in total. The van der Waals surface area contributed by atoms with Crippen LogP contribution < -0.4 is 10.2 Å². The van der Waals surface area contributed by atoms with Gasteiger partial charge in [0.2, 0.25) is 0 Å². The third kappa shape index (κ3) is 4.11. The molecule has 0 fully saturated rings. The number of para-hydroxylation sites is 1. The van der Waals surface area contributed by atoms with Crippen molar-refractivity contribution < 1.29 is 14.7 Å². The maximum absolute atomic E-state index is 11.5. The van der Waals surface area contributed by atoms with Crippen molar-refractivity contribution in [3.63, 3.8) is 0 Å². The van der Waals surface area contributed by atoms with Crippen LogP contribution in [0.4, 0.5) is 0 Å². The van der Waals surface area contributed by atoms with Crippen LogP contribution >= 0.6 is 11.3 Å². The monoisotopic (exact) mass is 391 g/mol. The van der Waals surface area contributed by atoms with E-state index in [4.69, 9.17) is 9.94 Å². The first-order valence-corrected chi connectivity index (χ1v) is 9.43. The first kappa shape index (κ1) is 18.0. The predicted octanol–water partition coefficient (Wildman–Crippen LogP) is 4.57. The van der Waals surface area contributed by atoms with Crippen molar-refractivity contribution in [2.75, 3.05) is 0 Å². The van der Waals surface area contributed by atoms with Crippen LogP contribution in [0.5, 0.6) is 11.5 Å². The Morgan fingerprint density at radius 2 is 1.86 bits per heavy atom. The molecule has 0 spiro atoms. The van der Waals surface area contributed by atoms with Crippen LogP contribution in [0, 0.1) is 0 Å². The number of amides is 1. The zero-order valence-electron chi connectivity index (χ0n) is 14.8. The van der Waals surface area contributed by atoms with Crippen LogP contribution in [0.25, 0.3) is 10.6 Å². The fraction of sp³-hybridized carbons (Fsp3) is 0.0476. The van der Waals surface area contributed by atoms with Gasteiger partial charge >= 0.3 is 0 Å². The molecule has 0 saturated heterocycles. The number of nitrogens with one attached hydrogen (secondary N) is 1. The highest BCUT2D eigenvalue weighted by Crippen LogP contribution is 2.27. The van der Waals surface area contributed by atoms with E-state index in [1.165, 1.54) is 11.3 Å². The maximum Gasteiger partial charge on any atom is 0.284 e. The number of thiophene rings is 1. The van der Waals surface area contributed by atoms with E-state index in [-0.39, 0.29) is 0 Å². The lowest BCUT2D eigenvalue weighted by molar-refractivity contribution is 0.0711. The molecule has 6 nitrogen and oxygen atoms in total. The van der Waals surface area contributed by atoms with Crippen LogP contribution in [0.3, 0.4) is 0 Å². The minimum absolute atomic E-state index is 0.429. The molecule has 2 aromatic heterocycles. The number of hydroxylamine groups is 1. The summed E-state index contributed by atoms with van der Waals surface area (Å²) in [4.78, 5) is 12.8. The Kier molecular flexibility index (Phi) is 5.18. The van der Waals surface area contributed by atoms with Gasteiger partial charge in [0.25, 0.3) is 5.91 Å². The summed E-state index contributed by atoms with van der Waals surface area (Å²) in [6, 6.07) is 22.9. The van der Waals surface area contributed by atoms with Crippen LogP contribution in [-0.2, 0) is 6.54 Å². The third-order valence-electron chi connectivity index (χ3n) is 4.05. The molecule has 0 radical (unpaired) electrons. The Balaban J connectivity index is 1.47. The fourth-order valence-corrected chi connectivity index (χ4v) is 3.61. The summed E-state index contributed by atoms with van der Waals surface area (Å²) in [5.74, 6) is 1.04. The first-order valence-electron chi connectivity index (χ1n) is 8.61. The largest absolute Gasteiger partial charge is 0.457 e. The van der Waals surface area contributed by atoms with Crippen molar-refractivity contribution in [3.8, 4) is 22.1 Å². The second kappa shape index (κ2) is 8.08. The zero-order chi connectivity index (χ0) is 19.3. The number of benzene rings is 2. The quantitative estimate of drug-likeness (QED) is 0.373. The highest BCUT2D eigenvalue weighted by Gasteiger charge is 2.11. The minimum Gasteiger partial charge on any atom is -0.457 e. The lowest BCUT2D eigenvalue weighted by Crippen LogP contribution is -2.16. The predicted molar refractivity (Wildman–Crippen MR) is 107 cm³/mol. The Morgan fingerprint density at radius 1 is 1.04 bits per heavy atom. The van der Waals surface area contributed by atoms with Gasteiger partial charge in [0.05, 0.1) is 16.3 Å². The van der Waals surface area contributed by atoms with Crippen molar-refractivity contribution in [1.82, 2.24) is 15.3 Å². The summed E-state index contributed by atoms with van der Waals surface area (Å²) >= 11 is 1.27. The molecule has 0 unspecified atom stereocenters. The lowest BCUT2D eigenvalue weighted by atomic mass is 10.2. The van der Waals surface area contributed by atoms with Gasteiger partial charge < -0.3 is 4.74 Å². The maximum atomic E-state index is 11.5. The molecule has 0 aliphatic carbocycles. The molecule has 1 amide bonds. The van der Waals surface area contributed by atoms with Gasteiger partial charge in [-0.15, -0.1) is 11.3 Å². The summed E-state index contributed by atoms with van der Waals surface area (Å²) in [6.45, 7) is 0.599. The van der Waals surface area contributed by atoms with Crippen LogP contribution in [-0.4, -0.2) is 20.9 Å². The first-order chi connectivity index (χ1) is 13.7. The zero-order valence-corrected chi connectivity index (χ0v) is 15.6. The highest BCUT2D eigenvalue weighted by molar-refractivity contribution is 7.17. The van der Waals surface area contributed by atoms with E-state index in [1.807, 2.05) is 77.6 Å². The number of aromatic nitrogens is 2. The van der Waals surface area contributed by atoms with Crippen molar-refractivity contribution >= 4 is 17.2 Å². The summed E-state index contributed by atoms with van der Waals surface area (Å²) < 4.78 is 7.72. The second-order valence-corrected chi connectivity index (χ2v) is 7.15. The van der Waals surface area contributed by atoms with E-state index in [1.54, 1.807) is 11.5 Å². The molecule has 0 atom stereocenters. The molecule has 2 aromatic carbocycles. The second-order valence-electron chi connectivity index (χ2n) is 6.07. The molecule has 28 heavy (non-hydrogen) atoms. The number of carbonyl (C=O) groups is 1. The van der Waals surface area contributed by atoms with Gasteiger partial charge in [-0.05, 0) is 48.0 Å². The normalized spacial score (nSPS) is 10.6. The molecule has 0 aliphatic rings. The number of ether oxygens (including phenoxy) is 1. The highest BCUT2D eigenvalue weighted by atomic mass is 32.1. The van der Waals surface area contributed by atoms with Crippen molar-refractivity contribution in [3.05, 3.63) is 89.4 Å². The van der Waals surface area contributed by atoms with E-state index >= 15 is 0 Å². The summed E-state index contributed by atoms with van der Waals surface area (Å²) in [5, 5.41) is 13.3. The number of hydrogen-bond acceptors (Lipinski definition) is 5. The van der Waals surface area contributed by atoms with Gasteiger partial charge in [-0.2, -0.15) is 5.10 Å². The standard InChI is InChI=1S/C21H17N3O3S/c25-21(23-26)20-10-9-19(28-20)18-11-12-24(22-18)14-15-5-4-8-17(13-15)27-16-6-2-1-3-7-16/h1-13,26H,14H2,(H,23,25). The van der Waals surface area contributed by atoms with Crippen molar-refractivity contribution in [2.24, 2.45) is 0 Å². The van der Waals surface area contributed by atoms with E-state index in [9.17, 15) is 4.79 Å². The topological polar surface area (TPSA) is 76.4 Å². The van der Waals surface area contributed by atoms with E-state index in [2.05, 4.69) is 5.10 Å². The van der Waals surface area contributed by atoms with Crippen LogP contribution in [0.15, 0.2) is 79.0 Å². The Labute approximate surface area is 165 Å². The smallest absolute Gasteiger partial charge is 0.284 e. The van der Waals surface area contributed by atoms with Gasteiger partial charge in [0.15, 0.2) is 0 Å². The molecule has 4 aromatic rings. The van der Waals surface area contributed by atoms with Crippen molar-refractivity contribution in [2.45, 2.75) is 6.54 Å². The van der Waals surface area contributed by atoms with E-state index in [0.29, 0.717) is 11.4 Å². The number of rotatable bonds is 6. The molecular formula is C21H17N3O3S. The molecule has 0 bridgehead atoms. The van der Waals surface area contributed by atoms with Gasteiger partial charge in [-0.1, -0.05) is 30.3 Å². The van der Waals surface area contributed by atoms with E-state index in [0.717, 1.165) is 27.6 Å². The third-order valence-corrected chi connectivity index (χ3v) is 5.15. The van der Waals surface area contributed by atoms with Crippen LogP contribution in [0.1, 0.15) is 15.2 Å². The Morgan fingerprint density at radius 3 is 2.68 bits per heavy atom. The molecule has 4 rings (SSSR count). The molecular weight excluding hydrogens is 374 g/mol. The summed E-state index contributed by atoms with van der Waals surface area (Å²) in [6.07, 6.45) is 1.89. The fourth-order valence-electron chi connectivity index (χ4n) is 2.75. The molecule has 2 heterocycles. The lowest BCUT2D eigenvalue weighted by Gasteiger charge is -2.08. The average Bonchev–Trinajstić information content (AvgIpc) is 3.38. The summed E-state index contributed by atoms with van der Waals surface area (Å²) in [5.41, 5.74) is 3.48. The Hall–Kier alpha value is -3.42. The van der Waals surface area contributed by atoms with Crippen molar-refractivity contribution in [1.29, 1.82) is 0 Å². The number of nitrogens with zero attached hydrogens (tertiary/aromatic N) is 2. The Bertz CT molecular complexity index is 1090. The van der Waals surface area contributed by atoms with Gasteiger partial charge in [0, 0.05) is 6.20 Å².